The second-order valence-electron chi connectivity index (χ2n) is 8.33. The van der Waals surface area contributed by atoms with Gasteiger partial charge in [-0.05, 0) is 43.0 Å². The summed E-state index contributed by atoms with van der Waals surface area (Å²) in [4.78, 5) is 39.9. The van der Waals surface area contributed by atoms with E-state index in [9.17, 15) is 14.4 Å². The van der Waals surface area contributed by atoms with Crippen LogP contribution in [0.4, 0.5) is 5.69 Å². The normalized spacial score (nSPS) is 16.7. The number of likely N-dealkylation sites (tertiary alicyclic amines) is 1. The number of amides is 3. The molecule has 2 N–H and O–H groups in total. The molecule has 2 aliphatic rings. The number of rotatable bonds is 6. The van der Waals surface area contributed by atoms with Crippen molar-refractivity contribution in [2.75, 3.05) is 25.2 Å². The lowest BCUT2D eigenvalue weighted by Crippen LogP contribution is -2.53. The molecule has 0 spiro atoms. The Morgan fingerprint density at radius 1 is 1.06 bits per heavy atom. The molecule has 0 aliphatic carbocycles. The fourth-order valence-corrected chi connectivity index (χ4v) is 3.91. The Bertz CT molecular complexity index is 980. The molecule has 170 valence electrons. The smallest absolute Gasteiger partial charge is 0.287 e. The maximum atomic E-state index is 13.1. The molecule has 9 heteroatoms. The summed E-state index contributed by atoms with van der Waals surface area (Å²) in [6.45, 7) is 4.86. The topological polar surface area (TPSA) is 110 Å². The van der Waals surface area contributed by atoms with Gasteiger partial charge in [-0.1, -0.05) is 13.8 Å². The molecule has 1 aromatic carbocycles. The van der Waals surface area contributed by atoms with Gasteiger partial charge in [0.15, 0.2) is 17.3 Å². The highest BCUT2D eigenvalue weighted by atomic mass is 16.7. The van der Waals surface area contributed by atoms with E-state index in [0.717, 1.165) is 0 Å². The van der Waals surface area contributed by atoms with Crippen molar-refractivity contribution in [3.63, 3.8) is 0 Å². The minimum absolute atomic E-state index is 0.0810. The predicted molar refractivity (Wildman–Crippen MR) is 115 cm³/mol. The molecule has 4 rings (SSSR count). The van der Waals surface area contributed by atoms with Crippen LogP contribution in [0.15, 0.2) is 41.0 Å². The Kier molecular flexibility index (Phi) is 6.34. The highest BCUT2D eigenvalue weighted by Crippen LogP contribution is 2.34. The molecular weight excluding hydrogens is 414 g/mol. The Balaban J connectivity index is 1.31. The number of carbonyl (C=O) groups is 3. The third-order valence-electron chi connectivity index (χ3n) is 5.78. The number of fused-ring (bicyclic) bond motifs is 1. The quantitative estimate of drug-likeness (QED) is 0.713. The SMILES string of the molecule is CC(C)[C@@H](NC(=O)c1ccco1)C(=O)N1CCC(C(=O)Nc2ccc3c(c2)OCO3)CC1. The first-order valence-corrected chi connectivity index (χ1v) is 10.8. The van der Waals surface area contributed by atoms with Gasteiger partial charge in [0, 0.05) is 30.8 Å². The van der Waals surface area contributed by atoms with Crippen LogP contribution in [0.1, 0.15) is 37.2 Å². The van der Waals surface area contributed by atoms with E-state index in [4.69, 9.17) is 13.9 Å². The van der Waals surface area contributed by atoms with Crippen LogP contribution in [0.25, 0.3) is 0 Å². The second-order valence-corrected chi connectivity index (χ2v) is 8.33. The van der Waals surface area contributed by atoms with Gasteiger partial charge in [-0.3, -0.25) is 14.4 Å². The van der Waals surface area contributed by atoms with Crippen molar-refractivity contribution in [1.29, 1.82) is 0 Å². The molecule has 1 saturated heterocycles. The molecule has 1 aromatic heterocycles. The number of hydrogen-bond donors (Lipinski definition) is 2. The third kappa shape index (κ3) is 4.71. The van der Waals surface area contributed by atoms with Crippen LogP contribution >= 0.6 is 0 Å². The molecule has 3 amide bonds. The monoisotopic (exact) mass is 441 g/mol. The minimum Gasteiger partial charge on any atom is -0.459 e. The lowest BCUT2D eigenvalue weighted by Gasteiger charge is -2.34. The fourth-order valence-electron chi connectivity index (χ4n) is 3.91. The Hall–Kier alpha value is -3.49. The maximum Gasteiger partial charge on any atom is 0.287 e. The van der Waals surface area contributed by atoms with E-state index in [1.165, 1.54) is 6.26 Å². The largest absolute Gasteiger partial charge is 0.459 e. The highest BCUT2D eigenvalue weighted by molar-refractivity contribution is 5.96. The van der Waals surface area contributed by atoms with E-state index in [1.807, 2.05) is 13.8 Å². The molecule has 32 heavy (non-hydrogen) atoms. The van der Waals surface area contributed by atoms with Crippen molar-refractivity contribution >= 4 is 23.4 Å². The van der Waals surface area contributed by atoms with Crippen LogP contribution in [0.3, 0.4) is 0 Å². The van der Waals surface area contributed by atoms with Crippen molar-refractivity contribution in [2.45, 2.75) is 32.7 Å². The van der Waals surface area contributed by atoms with Crippen molar-refractivity contribution in [1.82, 2.24) is 10.2 Å². The van der Waals surface area contributed by atoms with Crippen molar-refractivity contribution in [3.8, 4) is 11.5 Å². The molecule has 1 fully saturated rings. The van der Waals surface area contributed by atoms with Crippen LogP contribution in [0.5, 0.6) is 11.5 Å². The van der Waals surface area contributed by atoms with Gasteiger partial charge < -0.3 is 29.4 Å². The van der Waals surface area contributed by atoms with Crippen molar-refractivity contribution in [3.05, 3.63) is 42.4 Å². The van der Waals surface area contributed by atoms with Gasteiger partial charge in [-0.15, -0.1) is 0 Å². The number of ether oxygens (including phenoxy) is 2. The summed E-state index contributed by atoms with van der Waals surface area (Å²) in [5, 5.41) is 5.70. The number of nitrogens with one attached hydrogen (secondary N) is 2. The molecule has 0 bridgehead atoms. The van der Waals surface area contributed by atoms with Gasteiger partial charge in [0.2, 0.25) is 18.6 Å². The fraction of sp³-hybridized carbons (Fsp3) is 0.435. The molecule has 1 atom stereocenters. The average molecular weight is 441 g/mol. The Morgan fingerprint density at radius 3 is 2.50 bits per heavy atom. The standard InChI is InChI=1S/C23H27N3O6/c1-14(2)20(25-22(28)18-4-3-11-30-18)23(29)26-9-7-15(8-10-26)21(27)24-16-5-6-17-19(12-16)32-13-31-17/h3-6,11-12,14-15,20H,7-10,13H2,1-2H3,(H,24,27)(H,25,28)/t20-/m1/s1. The summed E-state index contributed by atoms with van der Waals surface area (Å²) in [6, 6.07) is 7.81. The molecule has 3 heterocycles. The number of hydrogen-bond acceptors (Lipinski definition) is 6. The van der Waals surface area contributed by atoms with Crippen molar-refractivity contribution in [2.24, 2.45) is 11.8 Å². The molecular formula is C23H27N3O6. The summed E-state index contributed by atoms with van der Waals surface area (Å²) in [5.74, 6) is 0.515. The summed E-state index contributed by atoms with van der Waals surface area (Å²) in [5.41, 5.74) is 0.651. The van der Waals surface area contributed by atoms with E-state index in [1.54, 1.807) is 35.2 Å². The van der Waals surface area contributed by atoms with E-state index in [2.05, 4.69) is 10.6 Å². The van der Waals surface area contributed by atoms with Gasteiger partial charge in [0.05, 0.1) is 6.26 Å². The zero-order valence-corrected chi connectivity index (χ0v) is 18.1. The van der Waals surface area contributed by atoms with Gasteiger partial charge in [-0.2, -0.15) is 0 Å². The van der Waals surface area contributed by atoms with E-state index in [0.29, 0.717) is 43.1 Å². The first kappa shape index (κ1) is 21.7. The van der Waals surface area contributed by atoms with Gasteiger partial charge in [0.1, 0.15) is 6.04 Å². The Labute approximate surface area is 186 Å². The number of benzene rings is 1. The average Bonchev–Trinajstić information content (AvgIpc) is 3.48. The van der Waals surface area contributed by atoms with E-state index < -0.39 is 11.9 Å². The molecule has 2 aliphatic heterocycles. The molecule has 0 saturated carbocycles. The molecule has 2 aromatic rings. The van der Waals surface area contributed by atoms with Crippen LogP contribution in [0.2, 0.25) is 0 Å². The number of piperidine rings is 1. The van der Waals surface area contributed by atoms with Crippen LogP contribution in [-0.2, 0) is 9.59 Å². The highest BCUT2D eigenvalue weighted by Gasteiger charge is 2.33. The number of nitrogens with zero attached hydrogens (tertiary/aromatic N) is 1. The summed E-state index contributed by atoms with van der Waals surface area (Å²) in [6.07, 6.45) is 2.53. The summed E-state index contributed by atoms with van der Waals surface area (Å²) < 4.78 is 15.8. The van der Waals surface area contributed by atoms with Crippen molar-refractivity contribution < 1.29 is 28.3 Å². The minimum atomic E-state index is -0.661. The second kappa shape index (κ2) is 9.33. The Morgan fingerprint density at radius 2 is 1.81 bits per heavy atom. The number of carbonyl (C=O) groups excluding carboxylic acids is 3. The lowest BCUT2D eigenvalue weighted by atomic mass is 9.94. The molecule has 9 nitrogen and oxygen atoms in total. The number of furan rings is 1. The van der Waals surface area contributed by atoms with Gasteiger partial charge >= 0.3 is 0 Å². The molecule has 0 unspecified atom stereocenters. The zero-order valence-electron chi connectivity index (χ0n) is 18.1. The first-order valence-electron chi connectivity index (χ1n) is 10.8. The van der Waals surface area contributed by atoms with Crippen LogP contribution in [-0.4, -0.2) is 48.5 Å². The van der Waals surface area contributed by atoms with Crippen LogP contribution in [0, 0.1) is 11.8 Å². The zero-order chi connectivity index (χ0) is 22.7. The lowest BCUT2D eigenvalue weighted by molar-refractivity contribution is -0.137. The van der Waals surface area contributed by atoms with E-state index in [-0.39, 0.29) is 36.2 Å². The van der Waals surface area contributed by atoms with Crippen LogP contribution < -0.4 is 20.1 Å². The van der Waals surface area contributed by atoms with E-state index >= 15 is 0 Å². The molecule has 0 radical (unpaired) electrons. The third-order valence-corrected chi connectivity index (χ3v) is 5.78. The summed E-state index contributed by atoms with van der Waals surface area (Å²) in [7, 11) is 0. The predicted octanol–water partition coefficient (Wildman–Crippen LogP) is 2.64. The maximum absolute atomic E-state index is 13.1. The first-order chi connectivity index (χ1) is 15.4. The van der Waals surface area contributed by atoms with Gasteiger partial charge in [0.25, 0.3) is 5.91 Å². The van der Waals surface area contributed by atoms with Gasteiger partial charge in [-0.25, -0.2) is 0 Å². The number of anilines is 1. The summed E-state index contributed by atoms with van der Waals surface area (Å²) >= 11 is 0.